The fraction of sp³-hybridized carbons (Fsp3) is 0.938. The van der Waals surface area contributed by atoms with Crippen LogP contribution in [0.4, 0.5) is 0 Å². The van der Waals surface area contributed by atoms with E-state index < -0.39 is 0 Å². The van der Waals surface area contributed by atoms with Crippen molar-refractivity contribution in [1.29, 1.82) is 0 Å². The molecule has 1 amide bonds. The maximum atomic E-state index is 12.8. The molecule has 0 bridgehead atoms. The zero-order valence-electron chi connectivity index (χ0n) is 12.8. The number of amides is 1. The minimum absolute atomic E-state index is 0.170. The van der Waals surface area contributed by atoms with Crippen molar-refractivity contribution in [3.8, 4) is 0 Å². The summed E-state index contributed by atoms with van der Waals surface area (Å²) in [6.45, 7) is 7.18. The van der Waals surface area contributed by atoms with Crippen molar-refractivity contribution in [2.45, 2.75) is 57.5 Å². The molecule has 2 heterocycles. The molecule has 114 valence electrons. The van der Waals surface area contributed by atoms with Gasteiger partial charge in [-0.05, 0) is 45.1 Å². The summed E-state index contributed by atoms with van der Waals surface area (Å²) in [7, 11) is 0. The highest BCUT2D eigenvalue weighted by Crippen LogP contribution is 2.33. The van der Waals surface area contributed by atoms with Crippen LogP contribution in [0, 0.1) is 5.92 Å². The normalized spacial score (nSPS) is 30.9. The molecule has 2 atom stereocenters. The van der Waals surface area contributed by atoms with Crippen LogP contribution in [0.3, 0.4) is 0 Å². The molecule has 2 saturated heterocycles. The molecule has 1 saturated carbocycles. The van der Waals surface area contributed by atoms with Crippen LogP contribution in [0.25, 0.3) is 0 Å². The lowest BCUT2D eigenvalue weighted by Crippen LogP contribution is -2.54. The lowest BCUT2D eigenvalue weighted by atomic mass is 9.97. The van der Waals surface area contributed by atoms with Gasteiger partial charge in [-0.1, -0.05) is 12.8 Å². The Kier molecular flexibility index (Phi) is 4.61. The Morgan fingerprint density at radius 2 is 1.75 bits per heavy atom. The molecule has 0 radical (unpaired) electrons. The first kappa shape index (κ1) is 14.3. The zero-order valence-corrected chi connectivity index (χ0v) is 12.8. The molecule has 0 spiro atoms. The Morgan fingerprint density at radius 3 is 2.45 bits per heavy atom. The summed E-state index contributed by atoms with van der Waals surface area (Å²) < 4.78 is 0. The van der Waals surface area contributed by atoms with Crippen molar-refractivity contribution in [2.75, 3.05) is 32.7 Å². The van der Waals surface area contributed by atoms with Crippen molar-refractivity contribution in [3.05, 3.63) is 0 Å². The second-order valence-electron chi connectivity index (χ2n) is 6.76. The largest absolute Gasteiger partial charge is 0.339 e. The number of rotatable bonds is 3. The fourth-order valence-corrected chi connectivity index (χ4v) is 4.35. The van der Waals surface area contributed by atoms with Gasteiger partial charge in [0.1, 0.15) is 0 Å². The van der Waals surface area contributed by atoms with Gasteiger partial charge in [-0.3, -0.25) is 9.69 Å². The van der Waals surface area contributed by atoms with Crippen LogP contribution >= 0.6 is 0 Å². The highest BCUT2D eigenvalue weighted by Gasteiger charge is 2.39. The van der Waals surface area contributed by atoms with E-state index >= 15 is 0 Å². The Hall–Kier alpha value is -0.610. The summed E-state index contributed by atoms with van der Waals surface area (Å²) in [6, 6.07) is 0.764. The minimum Gasteiger partial charge on any atom is -0.339 e. The molecule has 0 aromatic carbocycles. The first-order chi connectivity index (χ1) is 9.77. The summed E-state index contributed by atoms with van der Waals surface area (Å²) in [5, 5.41) is 3.33. The van der Waals surface area contributed by atoms with Gasteiger partial charge in [-0.25, -0.2) is 0 Å². The van der Waals surface area contributed by atoms with E-state index in [1.807, 2.05) is 0 Å². The van der Waals surface area contributed by atoms with Crippen LogP contribution in [0.15, 0.2) is 0 Å². The van der Waals surface area contributed by atoms with Crippen molar-refractivity contribution >= 4 is 5.91 Å². The third kappa shape index (κ3) is 2.86. The van der Waals surface area contributed by atoms with Crippen LogP contribution in [0.2, 0.25) is 0 Å². The van der Waals surface area contributed by atoms with Gasteiger partial charge < -0.3 is 10.2 Å². The lowest BCUT2D eigenvalue weighted by Gasteiger charge is -2.37. The molecule has 3 rings (SSSR count). The third-order valence-electron chi connectivity index (χ3n) is 5.61. The number of hydrogen-bond acceptors (Lipinski definition) is 3. The molecule has 4 nitrogen and oxygen atoms in total. The molecule has 1 aliphatic carbocycles. The first-order valence-corrected chi connectivity index (χ1v) is 8.52. The molecule has 2 aliphatic heterocycles. The van der Waals surface area contributed by atoms with Gasteiger partial charge in [0.25, 0.3) is 0 Å². The van der Waals surface area contributed by atoms with Gasteiger partial charge in [0.15, 0.2) is 0 Å². The smallest absolute Gasteiger partial charge is 0.240 e. The number of nitrogens with zero attached hydrogens (tertiary/aromatic N) is 2. The predicted molar refractivity (Wildman–Crippen MR) is 80.6 cm³/mol. The second-order valence-corrected chi connectivity index (χ2v) is 6.76. The van der Waals surface area contributed by atoms with Crippen LogP contribution in [-0.4, -0.2) is 60.5 Å². The standard InChI is InChI=1S/C16H29N3O/c1-13(14-5-2-3-6-14)19-10-4-7-15(19)16(20)18-11-8-17-9-12-18/h13-15,17H,2-12H2,1H3. The molecule has 0 aromatic heterocycles. The summed E-state index contributed by atoms with van der Waals surface area (Å²) >= 11 is 0. The second kappa shape index (κ2) is 6.44. The van der Waals surface area contributed by atoms with Crippen molar-refractivity contribution in [3.63, 3.8) is 0 Å². The summed E-state index contributed by atoms with van der Waals surface area (Å²) in [4.78, 5) is 17.4. The predicted octanol–water partition coefficient (Wildman–Crippen LogP) is 1.46. The van der Waals surface area contributed by atoms with Gasteiger partial charge in [0, 0.05) is 32.2 Å². The molecular formula is C16H29N3O. The van der Waals surface area contributed by atoms with Gasteiger partial charge in [0.05, 0.1) is 6.04 Å². The van der Waals surface area contributed by atoms with E-state index in [1.54, 1.807) is 0 Å². The Morgan fingerprint density at radius 1 is 1.05 bits per heavy atom. The summed E-state index contributed by atoms with van der Waals surface area (Å²) in [5.41, 5.74) is 0. The van der Waals surface area contributed by atoms with Gasteiger partial charge >= 0.3 is 0 Å². The highest BCUT2D eigenvalue weighted by atomic mass is 16.2. The topological polar surface area (TPSA) is 35.6 Å². The van der Waals surface area contributed by atoms with Crippen LogP contribution < -0.4 is 5.32 Å². The van der Waals surface area contributed by atoms with Crippen LogP contribution in [0.5, 0.6) is 0 Å². The highest BCUT2D eigenvalue weighted by molar-refractivity contribution is 5.82. The van der Waals surface area contributed by atoms with Crippen LogP contribution in [0.1, 0.15) is 45.4 Å². The van der Waals surface area contributed by atoms with E-state index in [2.05, 4.69) is 22.0 Å². The van der Waals surface area contributed by atoms with E-state index in [0.29, 0.717) is 11.9 Å². The quantitative estimate of drug-likeness (QED) is 0.849. The monoisotopic (exact) mass is 279 g/mol. The number of hydrogen-bond donors (Lipinski definition) is 1. The average molecular weight is 279 g/mol. The SMILES string of the molecule is CC(C1CCCC1)N1CCCC1C(=O)N1CCNCC1. The van der Waals surface area contributed by atoms with E-state index in [9.17, 15) is 4.79 Å². The van der Waals surface area contributed by atoms with E-state index in [0.717, 1.165) is 45.1 Å². The van der Waals surface area contributed by atoms with Crippen molar-refractivity contribution < 1.29 is 4.79 Å². The Balaban J connectivity index is 1.63. The van der Waals surface area contributed by atoms with Gasteiger partial charge in [-0.15, -0.1) is 0 Å². The molecule has 0 aromatic rings. The van der Waals surface area contributed by atoms with Crippen molar-refractivity contribution in [1.82, 2.24) is 15.1 Å². The summed E-state index contributed by atoms with van der Waals surface area (Å²) in [5.74, 6) is 1.22. The molecule has 2 unspecified atom stereocenters. The van der Waals surface area contributed by atoms with E-state index in [1.165, 1.54) is 32.1 Å². The molecular weight excluding hydrogens is 250 g/mol. The molecule has 4 heteroatoms. The maximum Gasteiger partial charge on any atom is 0.240 e. The van der Waals surface area contributed by atoms with E-state index in [-0.39, 0.29) is 6.04 Å². The Labute approximate surface area is 122 Å². The first-order valence-electron chi connectivity index (χ1n) is 8.52. The zero-order chi connectivity index (χ0) is 13.9. The maximum absolute atomic E-state index is 12.8. The average Bonchev–Trinajstić information content (AvgIpc) is 3.18. The summed E-state index contributed by atoms with van der Waals surface area (Å²) in [6.07, 6.45) is 7.77. The van der Waals surface area contributed by atoms with Crippen LogP contribution in [-0.2, 0) is 4.79 Å². The molecule has 3 aliphatic rings. The fourth-order valence-electron chi connectivity index (χ4n) is 4.35. The number of nitrogens with one attached hydrogen (secondary N) is 1. The van der Waals surface area contributed by atoms with Gasteiger partial charge in [0.2, 0.25) is 5.91 Å². The molecule has 20 heavy (non-hydrogen) atoms. The number of piperazine rings is 1. The minimum atomic E-state index is 0.170. The number of likely N-dealkylation sites (tertiary alicyclic amines) is 1. The number of carbonyl (C=O) groups is 1. The third-order valence-corrected chi connectivity index (χ3v) is 5.61. The van der Waals surface area contributed by atoms with Crippen molar-refractivity contribution in [2.24, 2.45) is 5.92 Å². The Bertz CT molecular complexity index is 335. The number of carbonyl (C=O) groups excluding carboxylic acids is 1. The van der Waals surface area contributed by atoms with Gasteiger partial charge in [-0.2, -0.15) is 0 Å². The van der Waals surface area contributed by atoms with E-state index in [4.69, 9.17) is 0 Å². The molecule has 1 N–H and O–H groups in total. The molecule has 3 fully saturated rings. The lowest BCUT2D eigenvalue weighted by molar-refractivity contribution is -0.137.